The van der Waals surface area contributed by atoms with Crippen molar-refractivity contribution in [2.45, 2.75) is 6.42 Å². The monoisotopic (exact) mass is 327 g/mol. The molecule has 5 nitrogen and oxygen atoms in total. The Bertz CT molecular complexity index is 867. The molecule has 2 heterocycles. The number of amides is 1. The molecule has 0 saturated heterocycles. The van der Waals surface area contributed by atoms with Crippen molar-refractivity contribution < 1.29 is 9.90 Å². The molecule has 0 radical (unpaired) electrons. The molecule has 3 aromatic rings. The fourth-order valence-corrected chi connectivity index (χ4v) is 2.52. The van der Waals surface area contributed by atoms with E-state index in [2.05, 4.69) is 15.3 Å². The van der Waals surface area contributed by atoms with Crippen molar-refractivity contribution in [3.8, 4) is 5.75 Å². The smallest absolute Gasteiger partial charge is 0.273 e. The van der Waals surface area contributed by atoms with Gasteiger partial charge in [0.05, 0.1) is 0 Å². The Morgan fingerprint density at radius 3 is 2.83 bits per heavy atom. The highest BCUT2D eigenvalue weighted by molar-refractivity contribution is 6.31. The summed E-state index contributed by atoms with van der Waals surface area (Å²) in [6.07, 6.45) is 3.67. The molecule has 0 aliphatic heterocycles. The van der Waals surface area contributed by atoms with Crippen LogP contribution >= 0.6 is 11.6 Å². The maximum Gasteiger partial charge on any atom is 0.273 e. The van der Waals surface area contributed by atoms with E-state index in [1.54, 1.807) is 24.4 Å². The molecule has 0 aliphatic carbocycles. The summed E-state index contributed by atoms with van der Waals surface area (Å²) in [5.41, 5.74) is 1.28. The van der Waals surface area contributed by atoms with Crippen molar-refractivity contribution in [3.05, 3.63) is 65.1 Å². The Balaban J connectivity index is 1.71. The number of rotatable bonds is 4. The first-order chi connectivity index (χ1) is 11.2. The number of aromatic hydroxyl groups is 1. The number of halogens is 1. The fraction of sp³-hybridized carbons (Fsp3) is 0.118. The molecule has 6 heteroatoms. The second-order valence-electron chi connectivity index (χ2n) is 4.99. The molecule has 0 atom stereocenters. The van der Waals surface area contributed by atoms with E-state index in [9.17, 15) is 9.90 Å². The van der Waals surface area contributed by atoms with Crippen LogP contribution in [0.25, 0.3) is 10.9 Å². The van der Waals surface area contributed by atoms with Crippen LogP contribution in [0, 0.1) is 0 Å². The zero-order chi connectivity index (χ0) is 16.2. The molecule has 0 aliphatic rings. The molecule has 1 amide bonds. The summed E-state index contributed by atoms with van der Waals surface area (Å²) in [6, 6.07) is 11.0. The minimum atomic E-state index is -0.442. The maximum atomic E-state index is 12.2. The predicted molar refractivity (Wildman–Crippen MR) is 88.7 cm³/mol. The normalized spacial score (nSPS) is 10.7. The van der Waals surface area contributed by atoms with Crippen LogP contribution in [0.4, 0.5) is 0 Å². The van der Waals surface area contributed by atoms with Gasteiger partial charge in [0.15, 0.2) is 11.4 Å². The molecule has 0 bridgehead atoms. The van der Waals surface area contributed by atoms with Gasteiger partial charge < -0.3 is 10.4 Å². The summed E-state index contributed by atoms with van der Waals surface area (Å²) in [5, 5.41) is 14.2. The summed E-state index contributed by atoms with van der Waals surface area (Å²) in [5.74, 6) is -0.652. The lowest BCUT2D eigenvalue weighted by Crippen LogP contribution is -2.26. The predicted octanol–water partition coefficient (Wildman–Crippen LogP) is 2.96. The quantitative estimate of drug-likeness (QED) is 0.772. The van der Waals surface area contributed by atoms with Crippen LogP contribution in [-0.2, 0) is 6.42 Å². The average molecular weight is 328 g/mol. The van der Waals surface area contributed by atoms with Crippen LogP contribution in [0.2, 0.25) is 5.02 Å². The van der Waals surface area contributed by atoms with Crippen LogP contribution in [0.5, 0.6) is 5.75 Å². The van der Waals surface area contributed by atoms with Gasteiger partial charge in [0, 0.05) is 29.3 Å². The molecule has 1 aromatic carbocycles. The van der Waals surface area contributed by atoms with Crippen LogP contribution in [0.3, 0.4) is 0 Å². The average Bonchev–Trinajstić information content (AvgIpc) is 2.57. The first kappa shape index (κ1) is 15.2. The topological polar surface area (TPSA) is 75.1 Å². The van der Waals surface area contributed by atoms with Gasteiger partial charge in [-0.05, 0) is 30.2 Å². The zero-order valence-electron chi connectivity index (χ0n) is 12.2. The SMILES string of the molecule is O=C(NCCc1ccccc1Cl)c1ncc2cccnc2c1O. The van der Waals surface area contributed by atoms with Crippen LogP contribution in [0.1, 0.15) is 16.1 Å². The Hall–Kier alpha value is -2.66. The van der Waals surface area contributed by atoms with E-state index < -0.39 is 5.91 Å². The van der Waals surface area contributed by atoms with Crippen LogP contribution < -0.4 is 5.32 Å². The second-order valence-corrected chi connectivity index (χ2v) is 5.40. The number of nitrogens with one attached hydrogen (secondary N) is 1. The van der Waals surface area contributed by atoms with Gasteiger partial charge in [0.2, 0.25) is 0 Å². The molecule has 23 heavy (non-hydrogen) atoms. The first-order valence-electron chi connectivity index (χ1n) is 7.11. The number of nitrogens with zero attached hydrogens (tertiary/aromatic N) is 2. The Morgan fingerprint density at radius 1 is 1.17 bits per heavy atom. The Morgan fingerprint density at radius 2 is 2.00 bits per heavy atom. The number of pyridine rings is 2. The molecular formula is C17H14ClN3O2. The van der Waals surface area contributed by atoms with E-state index in [4.69, 9.17) is 11.6 Å². The standard InChI is InChI=1S/C17H14ClN3O2/c18-13-6-2-1-4-11(13)7-9-20-17(23)15-16(22)14-12(10-21-15)5-3-8-19-14/h1-6,8,10,22H,7,9H2,(H,20,23). The summed E-state index contributed by atoms with van der Waals surface area (Å²) in [7, 11) is 0. The van der Waals surface area contributed by atoms with Crippen molar-refractivity contribution in [1.82, 2.24) is 15.3 Å². The number of aromatic nitrogens is 2. The zero-order valence-corrected chi connectivity index (χ0v) is 12.9. The lowest BCUT2D eigenvalue weighted by Gasteiger charge is -2.08. The number of hydrogen-bond acceptors (Lipinski definition) is 4. The van der Waals surface area contributed by atoms with E-state index in [-0.39, 0.29) is 11.4 Å². The van der Waals surface area contributed by atoms with Gasteiger partial charge in [-0.15, -0.1) is 0 Å². The van der Waals surface area contributed by atoms with E-state index >= 15 is 0 Å². The summed E-state index contributed by atoms with van der Waals surface area (Å²) < 4.78 is 0. The molecule has 0 saturated carbocycles. The molecule has 116 valence electrons. The minimum Gasteiger partial charge on any atom is -0.504 e. The van der Waals surface area contributed by atoms with Gasteiger partial charge in [-0.25, -0.2) is 4.98 Å². The first-order valence-corrected chi connectivity index (χ1v) is 7.49. The highest BCUT2D eigenvalue weighted by atomic mass is 35.5. The molecule has 2 aromatic heterocycles. The fourth-order valence-electron chi connectivity index (χ4n) is 2.29. The van der Waals surface area contributed by atoms with Gasteiger partial charge in [-0.2, -0.15) is 0 Å². The largest absolute Gasteiger partial charge is 0.504 e. The van der Waals surface area contributed by atoms with Crippen molar-refractivity contribution in [2.24, 2.45) is 0 Å². The van der Waals surface area contributed by atoms with Crippen LogP contribution in [-0.4, -0.2) is 27.5 Å². The highest BCUT2D eigenvalue weighted by Gasteiger charge is 2.16. The number of benzene rings is 1. The summed E-state index contributed by atoms with van der Waals surface area (Å²) in [6.45, 7) is 0.393. The van der Waals surface area contributed by atoms with E-state index in [1.807, 2.05) is 18.2 Å². The third-order valence-electron chi connectivity index (χ3n) is 3.47. The van der Waals surface area contributed by atoms with E-state index in [0.717, 1.165) is 5.56 Å². The minimum absolute atomic E-state index is 0.0321. The van der Waals surface area contributed by atoms with Crippen molar-refractivity contribution in [1.29, 1.82) is 0 Å². The molecule has 2 N–H and O–H groups in total. The number of carbonyl (C=O) groups is 1. The number of carbonyl (C=O) groups excluding carboxylic acids is 1. The molecule has 3 rings (SSSR count). The van der Waals surface area contributed by atoms with Gasteiger partial charge in [-0.3, -0.25) is 9.78 Å². The molecule has 0 spiro atoms. The maximum absolute atomic E-state index is 12.2. The second kappa shape index (κ2) is 6.62. The van der Waals surface area contributed by atoms with Gasteiger partial charge >= 0.3 is 0 Å². The van der Waals surface area contributed by atoms with Crippen molar-refractivity contribution >= 4 is 28.4 Å². The Labute approximate surface area is 138 Å². The Kier molecular flexibility index (Phi) is 4.39. The molecule has 0 fully saturated rings. The van der Waals surface area contributed by atoms with Gasteiger partial charge in [0.1, 0.15) is 5.52 Å². The highest BCUT2D eigenvalue weighted by Crippen LogP contribution is 2.24. The van der Waals surface area contributed by atoms with Crippen LogP contribution in [0.15, 0.2) is 48.8 Å². The third kappa shape index (κ3) is 3.24. The summed E-state index contributed by atoms with van der Waals surface area (Å²) in [4.78, 5) is 20.3. The van der Waals surface area contributed by atoms with Gasteiger partial charge in [-0.1, -0.05) is 29.8 Å². The lowest BCUT2D eigenvalue weighted by atomic mass is 10.1. The number of fused-ring (bicyclic) bond motifs is 1. The van der Waals surface area contributed by atoms with E-state index in [0.29, 0.717) is 28.9 Å². The summed E-state index contributed by atoms with van der Waals surface area (Å²) >= 11 is 6.07. The number of hydrogen-bond donors (Lipinski definition) is 2. The van der Waals surface area contributed by atoms with Crippen molar-refractivity contribution in [2.75, 3.05) is 6.54 Å². The molecule has 0 unspecified atom stereocenters. The van der Waals surface area contributed by atoms with E-state index in [1.165, 1.54) is 6.20 Å². The lowest BCUT2D eigenvalue weighted by molar-refractivity contribution is 0.0946. The van der Waals surface area contributed by atoms with Gasteiger partial charge in [0.25, 0.3) is 5.91 Å². The molecular weight excluding hydrogens is 314 g/mol. The third-order valence-corrected chi connectivity index (χ3v) is 3.84. The van der Waals surface area contributed by atoms with Crippen molar-refractivity contribution in [3.63, 3.8) is 0 Å².